The van der Waals surface area contributed by atoms with Crippen molar-refractivity contribution in [2.24, 2.45) is 0 Å². The molecule has 1 aliphatic rings. The summed E-state index contributed by atoms with van der Waals surface area (Å²) >= 11 is 6.03. The van der Waals surface area contributed by atoms with Gasteiger partial charge in [-0.3, -0.25) is 4.79 Å². The summed E-state index contributed by atoms with van der Waals surface area (Å²) < 4.78 is 0. The zero-order valence-electron chi connectivity index (χ0n) is 17.6. The average Bonchev–Trinajstić information content (AvgIpc) is 3.24. The predicted molar refractivity (Wildman–Crippen MR) is 130 cm³/mol. The highest BCUT2D eigenvalue weighted by Crippen LogP contribution is 2.29. The maximum atomic E-state index is 12.8. The third-order valence-electron chi connectivity index (χ3n) is 5.74. The molecule has 3 heterocycles. The van der Waals surface area contributed by atoms with Gasteiger partial charge in [0.05, 0.1) is 0 Å². The Balaban J connectivity index is 0.00000245. The van der Waals surface area contributed by atoms with Crippen LogP contribution in [0.25, 0.3) is 33.7 Å². The van der Waals surface area contributed by atoms with Gasteiger partial charge in [0.25, 0.3) is 5.91 Å². The molecule has 1 fully saturated rings. The lowest BCUT2D eigenvalue weighted by Crippen LogP contribution is -2.47. The van der Waals surface area contributed by atoms with Gasteiger partial charge in [-0.05, 0) is 42.9 Å². The minimum Gasteiger partial charge on any atom is -0.336 e. The summed E-state index contributed by atoms with van der Waals surface area (Å²) in [5.41, 5.74) is 5.16. The molecule has 32 heavy (non-hydrogen) atoms. The number of piperazine rings is 1. The van der Waals surface area contributed by atoms with Crippen molar-refractivity contribution >= 4 is 41.1 Å². The number of carbonyl (C=O) groups is 1. The molecule has 0 spiro atoms. The van der Waals surface area contributed by atoms with Crippen LogP contribution in [0.4, 0.5) is 0 Å². The molecule has 0 atom stereocenters. The van der Waals surface area contributed by atoms with Crippen LogP contribution >= 0.6 is 24.0 Å². The maximum absolute atomic E-state index is 12.8. The van der Waals surface area contributed by atoms with E-state index in [1.807, 2.05) is 59.5 Å². The lowest BCUT2D eigenvalue weighted by atomic mass is 10.1. The Labute approximate surface area is 197 Å². The average molecular weight is 468 g/mol. The fourth-order valence-corrected chi connectivity index (χ4v) is 4.00. The van der Waals surface area contributed by atoms with Gasteiger partial charge in [-0.15, -0.1) is 12.4 Å². The second kappa shape index (κ2) is 9.28. The molecule has 0 radical (unpaired) electrons. The van der Waals surface area contributed by atoms with E-state index in [2.05, 4.69) is 21.9 Å². The molecule has 2 aromatic heterocycles. The number of nitrogens with one attached hydrogen (secondary N) is 1. The van der Waals surface area contributed by atoms with Gasteiger partial charge >= 0.3 is 0 Å². The van der Waals surface area contributed by atoms with E-state index in [4.69, 9.17) is 16.6 Å². The van der Waals surface area contributed by atoms with E-state index in [0.29, 0.717) is 10.6 Å². The molecule has 4 aromatic rings. The zero-order valence-corrected chi connectivity index (χ0v) is 19.2. The van der Waals surface area contributed by atoms with Crippen LogP contribution in [-0.2, 0) is 0 Å². The minimum atomic E-state index is 0. The number of aromatic amines is 1. The van der Waals surface area contributed by atoms with Gasteiger partial charge in [-0.1, -0.05) is 35.9 Å². The van der Waals surface area contributed by atoms with Crippen LogP contribution in [0.15, 0.2) is 60.8 Å². The fourth-order valence-electron chi connectivity index (χ4n) is 3.87. The first-order chi connectivity index (χ1) is 15.1. The summed E-state index contributed by atoms with van der Waals surface area (Å²) in [5.74, 6) is 0.804. The molecule has 6 nitrogen and oxygen atoms in total. The normalized spacial score (nSPS) is 14.4. The van der Waals surface area contributed by atoms with Gasteiger partial charge in [0, 0.05) is 54.1 Å². The summed E-state index contributed by atoms with van der Waals surface area (Å²) in [7, 11) is 2.08. The second-order valence-corrected chi connectivity index (χ2v) is 8.26. The Morgan fingerprint density at radius 3 is 2.28 bits per heavy atom. The standard InChI is InChI=1S/C24H22ClN5O.ClH/c1-29-12-14-30(15-13-29)24(31)18-4-2-17(3-5-18)22-27-21-20(10-11-26-23(21)28-22)16-6-8-19(25)9-7-16;/h2-11H,12-15H2,1H3,(H,26,27,28);1H. The van der Waals surface area contributed by atoms with Crippen LogP contribution in [0.2, 0.25) is 5.02 Å². The molecular formula is C24H23Cl2N5O. The Bertz CT molecular complexity index is 1230. The quantitative estimate of drug-likeness (QED) is 0.471. The number of imidazole rings is 1. The van der Waals surface area contributed by atoms with Crippen LogP contribution in [0.3, 0.4) is 0 Å². The third-order valence-corrected chi connectivity index (χ3v) is 5.99. The molecular weight excluding hydrogens is 445 g/mol. The first-order valence-electron chi connectivity index (χ1n) is 10.3. The van der Waals surface area contributed by atoms with E-state index in [1.54, 1.807) is 6.20 Å². The highest BCUT2D eigenvalue weighted by atomic mass is 35.5. The van der Waals surface area contributed by atoms with E-state index in [9.17, 15) is 4.79 Å². The number of carbonyl (C=O) groups excluding carboxylic acids is 1. The van der Waals surface area contributed by atoms with Crippen molar-refractivity contribution in [1.82, 2.24) is 24.8 Å². The zero-order chi connectivity index (χ0) is 21.4. The molecule has 1 N–H and O–H groups in total. The number of nitrogens with zero attached hydrogens (tertiary/aromatic N) is 4. The highest BCUT2D eigenvalue weighted by Gasteiger charge is 2.20. The molecule has 1 amide bonds. The predicted octanol–water partition coefficient (Wildman–Crippen LogP) is 4.75. The Morgan fingerprint density at radius 2 is 1.59 bits per heavy atom. The first-order valence-corrected chi connectivity index (χ1v) is 10.7. The summed E-state index contributed by atoms with van der Waals surface area (Å²) in [6.07, 6.45) is 1.77. The van der Waals surface area contributed by atoms with Crippen LogP contribution in [0.1, 0.15) is 10.4 Å². The summed E-state index contributed by atoms with van der Waals surface area (Å²) in [6, 6.07) is 17.3. The maximum Gasteiger partial charge on any atom is 0.253 e. The topological polar surface area (TPSA) is 65.1 Å². The van der Waals surface area contributed by atoms with Crippen LogP contribution in [0, 0.1) is 0 Å². The molecule has 0 aliphatic carbocycles. The number of aromatic nitrogens is 3. The van der Waals surface area contributed by atoms with Crippen molar-refractivity contribution in [1.29, 1.82) is 0 Å². The minimum absolute atomic E-state index is 0. The number of rotatable bonds is 3. The molecule has 164 valence electrons. The van der Waals surface area contributed by atoms with Gasteiger partial charge in [0.1, 0.15) is 11.3 Å². The Hall–Kier alpha value is -2.93. The summed E-state index contributed by atoms with van der Waals surface area (Å²) in [5, 5.41) is 0.697. The highest BCUT2D eigenvalue weighted by molar-refractivity contribution is 6.30. The molecule has 1 saturated heterocycles. The van der Waals surface area contributed by atoms with E-state index in [-0.39, 0.29) is 18.3 Å². The lowest BCUT2D eigenvalue weighted by Gasteiger charge is -2.32. The van der Waals surface area contributed by atoms with Gasteiger partial charge in [-0.25, -0.2) is 9.97 Å². The van der Waals surface area contributed by atoms with Crippen molar-refractivity contribution in [3.63, 3.8) is 0 Å². The number of halogens is 2. The van der Waals surface area contributed by atoms with E-state index in [1.165, 1.54) is 0 Å². The van der Waals surface area contributed by atoms with Crippen molar-refractivity contribution in [2.45, 2.75) is 0 Å². The van der Waals surface area contributed by atoms with Crippen molar-refractivity contribution in [3.05, 3.63) is 71.4 Å². The molecule has 2 aromatic carbocycles. The largest absolute Gasteiger partial charge is 0.336 e. The number of amides is 1. The van der Waals surface area contributed by atoms with Gasteiger partial charge < -0.3 is 14.8 Å². The SMILES string of the molecule is CN1CCN(C(=O)c2ccc(-c3nc4c(-c5ccc(Cl)cc5)ccnc4[nH]3)cc2)CC1.Cl. The molecule has 8 heteroatoms. The fraction of sp³-hybridized carbons (Fsp3) is 0.208. The Morgan fingerprint density at radius 1 is 0.938 bits per heavy atom. The number of likely N-dealkylation sites (N-methyl/N-ethyl adjacent to an activating group) is 1. The van der Waals surface area contributed by atoms with Crippen molar-refractivity contribution in [3.8, 4) is 22.5 Å². The van der Waals surface area contributed by atoms with Crippen LogP contribution < -0.4 is 0 Å². The monoisotopic (exact) mass is 467 g/mol. The number of benzene rings is 2. The molecule has 1 aliphatic heterocycles. The second-order valence-electron chi connectivity index (χ2n) is 7.82. The number of fused-ring (bicyclic) bond motifs is 1. The summed E-state index contributed by atoms with van der Waals surface area (Å²) in [4.78, 5) is 29.5. The van der Waals surface area contributed by atoms with E-state index < -0.39 is 0 Å². The third kappa shape index (κ3) is 4.35. The van der Waals surface area contributed by atoms with Gasteiger partial charge in [0.15, 0.2) is 5.65 Å². The Kier molecular flexibility index (Phi) is 6.46. The van der Waals surface area contributed by atoms with E-state index >= 15 is 0 Å². The number of H-pyrrole nitrogens is 1. The number of pyridine rings is 1. The van der Waals surface area contributed by atoms with Crippen molar-refractivity contribution in [2.75, 3.05) is 33.2 Å². The molecule has 5 rings (SSSR count). The molecule has 0 unspecified atom stereocenters. The van der Waals surface area contributed by atoms with Gasteiger partial charge in [-0.2, -0.15) is 0 Å². The lowest BCUT2D eigenvalue weighted by molar-refractivity contribution is 0.0664. The molecule has 0 saturated carbocycles. The van der Waals surface area contributed by atoms with E-state index in [0.717, 1.165) is 59.9 Å². The first kappa shape index (κ1) is 22.3. The smallest absolute Gasteiger partial charge is 0.253 e. The molecule has 0 bridgehead atoms. The number of hydrogen-bond acceptors (Lipinski definition) is 4. The van der Waals surface area contributed by atoms with Crippen LogP contribution in [0.5, 0.6) is 0 Å². The van der Waals surface area contributed by atoms with Gasteiger partial charge in [0.2, 0.25) is 0 Å². The number of hydrogen-bond donors (Lipinski definition) is 1. The summed E-state index contributed by atoms with van der Waals surface area (Å²) in [6.45, 7) is 3.34. The van der Waals surface area contributed by atoms with Crippen LogP contribution in [-0.4, -0.2) is 63.9 Å². The van der Waals surface area contributed by atoms with Crippen molar-refractivity contribution < 1.29 is 4.79 Å².